The Bertz CT molecular complexity index is 344. The Morgan fingerprint density at radius 2 is 2.12 bits per heavy atom. The lowest BCUT2D eigenvalue weighted by Crippen LogP contribution is -2.34. The van der Waals surface area contributed by atoms with Crippen molar-refractivity contribution >= 4 is 11.7 Å². The molecule has 88 valence electrons. The summed E-state index contributed by atoms with van der Waals surface area (Å²) in [5, 5.41) is 15.4. The summed E-state index contributed by atoms with van der Waals surface area (Å²) >= 11 is 0. The Morgan fingerprint density at radius 1 is 1.44 bits per heavy atom. The van der Waals surface area contributed by atoms with Crippen LogP contribution in [-0.2, 0) is 0 Å². The predicted molar refractivity (Wildman–Crippen MR) is 65.8 cm³/mol. The molecule has 1 aromatic rings. The first-order valence-electron chi connectivity index (χ1n) is 5.40. The van der Waals surface area contributed by atoms with Crippen LogP contribution in [0, 0.1) is 12.3 Å². The summed E-state index contributed by atoms with van der Waals surface area (Å²) in [5.41, 5.74) is 6.27. The van der Waals surface area contributed by atoms with Crippen LogP contribution in [0.2, 0.25) is 0 Å². The Labute approximate surface area is 96.2 Å². The second-order valence-electron chi connectivity index (χ2n) is 4.10. The summed E-state index contributed by atoms with van der Waals surface area (Å²) in [5.74, 6) is 1.03. The van der Waals surface area contributed by atoms with E-state index in [1.165, 1.54) is 0 Å². The molecule has 0 unspecified atom stereocenters. The van der Waals surface area contributed by atoms with Crippen molar-refractivity contribution < 1.29 is 0 Å². The van der Waals surface area contributed by atoms with Crippen LogP contribution < -0.4 is 10.6 Å². The van der Waals surface area contributed by atoms with E-state index in [0.29, 0.717) is 19.0 Å². The predicted octanol–water partition coefficient (Wildman–Crippen LogP) is 1.33. The minimum Gasteiger partial charge on any atom is -0.388 e. The molecule has 5 heteroatoms. The molecule has 1 heterocycles. The number of rotatable bonds is 5. The third kappa shape index (κ3) is 3.49. The van der Waals surface area contributed by atoms with Gasteiger partial charge in [-0.15, -0.1) is 5.10 Å². The van der Waals surface area contributed by atoms with E-state index < -0.39 is 0 Å². The van der Waals surface area contributed by atoms with Gasteiger partial charge in [-0.25, -0.2) is 0 Å². The number of aromatic nitrogens is 2. The lowest BCUT2D eigenvalue weighted by Gasteiger charge is -2.27. The first kappa shape index (κ1) is 12.4. The molecule has 0 aliphatic heterocycles. The second kappa shape index (κ2) is 5.44. The van der Waals surface area contributed by atoms with Gasteiger partial charge in [0.15, 0.2) is 5.82 Å². The van der Waals surface area contributed by atoms with E-state index in [1.807, 2.05) is 19.1 Å². The minimum atomic E-state index is 0.200. The van der Waals surface area contributed by atoms with Gasteiger partial charge in [-0.2, -0.15) is 5.10 Å². The highest BCUT2D eigenvalue weighted by Gasteiger charge is 2.12. The summed E-state index contributed by atoms with van der Waals surface area (Å²) in [6.45, 7) is 6.78. The van der Waals surface area contributed by atoms with Crippen LogP contribution in [0.25, 0.3) is 0 Å². The Morgan fingerprint density at radius 3 is 2.56 bits per heavy atom. The van der Waals surface area contributed by atoms with E-state index in [1.54, 1.807) is 0 Å². The van der Waals surface area contributed by atoms with Crippen LogP contribution >= 0.6 is 0 Å². The number of amidine groups is 1. The molecule has 0 aliphatic carbocycles. The fraction of sp³-hybridized carbons (Fsp3) is 0.545. The molecule has 1 rings (SSSR count). The Hall–Kier alpha value is -1.65. The maximum absolute atomic E-state index is 7.24. The maximum Gasteiger partial charge on any atom is 0.151 e. The van der Waals surface area contributed by atoms with E-state index >= 15 is 0 Å². The molecule has 0 atom stereocenters. The molecular formula is C11H19N5. The van der Waals surface area contributed by atoms with Gasteiger partial charge in [-0.1, -0.05) is 0 Å². The Balaban J connectivity index is 2.77. The number of nitrogens with zero attached hydrogens (tertiary/aromatic N) is 3. The molecular weight excluding hydrogens is 202 g/mol. The van der Waals surface area contributed by atoms with Crippen LogP contribution in [0.3, 0.4) is 0 Å². The zero-order chi connectivity index (χ0) is 12.1. The maximum atomic E-state index is 7.24. The first-order chi connectivity index (χ1) is 7.50. The smallest absolute Gasteiger partial charge is 0.151 e. The molecule has 0 radical (unpaired) electrons. The van der Waals surface area contributed by atoms with Gasteiger partial charge in [0, 0.05) is 19.0 Å². The van der Waals surface area contributed by atoms with Gasteiger partial charge in [0.2, 0.25) is 0 Å². The molecule has 1 aromatic heterocycles. The standard InChI is InChI=1S/C11H19N5/c1-8(2)16(7-6-10(12)13)11-5-4-9(3)14-15-11/h4-5,8H,6-7H2,1-3H3,(H3,12,13). The van der Waals surface area contributed by atoms with E-state index in [9.17, 15) is 0 Å². The van der Waals surface area contributed by atoms with E-state index in [-0.39, 0.29) is 5.84 Å². The molecule has 0 fully saturated rings. The van der Waals surface area contributed by atoms with Gasteiger partial charge in [-0.3, -0.25) is 5.41 Å². The molecule has 0 spiro atoms. The van der Waals surface area contributed by atoms with Crippen molar-refractivity contribution in [2.75, 3.05) is 11.4 Å². The lowest BCUT2D eigenvalue weighted by atomic mass is 10.2. The number of anilines is 1. The van der Waals surface area contributed by atoms with Crippen molar-refractivity contribution in [2.45, 2.75) is 33.2 Å². The highest BCUT2D eigenvalue weighted by molar-refractivity contribution is 5.77. The monoisotopic (exact) mass is 221 g/mol. The number of hydrogen-bond donors (Lipinski definition) is 2. The molecule has 16 heavy (non-hydrogen) atoms. The van der Waals surface area contributed by atoms with Crippen LogP contribution in [0.5, 0.6) is 0 Å². The highest BCUT2D eigenvalue weighted by atomic mass is 15.3. The molecule has 0 amide bonds. The van der Waals surface area contributed by atoms with Crippen LogP contribution in [0.1, 0.15) is 26.0 Å². The van der Waals surface area contributed by atoms with E-state index in [0.717, 1.165) is 11.5 Å². The molecule has 5 nitrogen and oxygen atoms in total. The minimum absolute atomic E-state index is 0.200. The van der Waals surface area contributed by atoms with Crippen molar-refractivity contribution in [3.63, 3.8) is 0 Å². The van der Waals surface area contributed by atoms with Gasteiger partial charge in [0.25, 0.3) is 0 Å². The summed E-state index contributed by atoms with van der Waals surface area (Å²) in [7, 11) is 0. The quantitative estimate of drug-likeness (QED) is 0.580. The van der Waals surface area contributed by atoms with Crippen LogP contribution in [0.4, 0.5) is 5.82 Å². The number of aryl methyl sites for hydroxylation is 1. The average Bonchev–Trinajstić information content (AvgIpc) is 2.20. The van der Waals surface area contributed by atoms with Gasteiger partial charge >= 0.3 is 0 Å². The summed E-state index contributed by atoms with van der Waals surface area (Å²) in [6.07, 6.45) is 0.549. The molecule has 0 aliphatic rings. The van der Waals surface area contributed by atoms with Gasteiger partial charge in [0.05, 0.1) is 11.5 Å². The average molecular weight is 221 g/mol. The third-order valence-corrected chi connectivity index (χ3v) is 2.32. The topological polar surface area (TPSA) is 78.9 Å². The third-order valence-electron chi connectivity index (χ3n) is 2.32. The van der Waals surface area contributed by atoms with Crippen LogP contribution in [0.15, 0.2) is 12.1 Å². The normalized spacial score (nSPS) is 10.5. The van der Waals surface area contributed by atoms with Crippen LogP contribution in [-0.4, -0.2) is 28.6 Å². The molecule has 0 saturated carbocycles. The number of nitrogens with one attached hydrogen (secondary N) is 1. The summed E-state index contributed by atoms with van der Waals surface area (Å²) < 4.78 is 0. The van der Waals surface area contributed by atoms with Crippen molar-refractivity contribution in [2.24, 2.45) is 5.73 Å². The van der Waals surface area contributed by atoms with Gasteiger partial charge < -0.3 is 10.6 Å². The molecule has 0 saturated heterocycles. The Kier molecular flexibility index (Phi) is 4.22. The number of hydrogen-bond acceptors (Lipinski definition) is 4. The van der Waals surface area contributed by atoms with Crippen molar-refractivity contribution in [3.05, 3.63) is 17.8 Å². The molecule has 0 bridgehead atoms. The highest BCUT2D eigenvalue weighted by Crippen LogP contribution is 2.13. The van der Waals surface area contributed by atoms with Gasteiger partial charge in [0.1, 0.15) is 0 Å². The summed E-state index contributed by atoms with van der Waals surface area (Å²) in [6, 6.07) is 4.20. The fourth-order valence-corrected chi connectivity index (χ4v) is 1.42. The zero-order valence-corrected chi connectivity index (χ0v) is 10.1. The van der Waals surface area contributed by atoms with Crippen molar-refractivity contribution in [1.82, 2.24) is 10.2 Å². The molecule has 3 N–H and O–H groups in total. The largest absolute Gasteiger partial charge is 0.388 e. The van der Waals surface area contributed by atoms with Gasteiger partial charge in [-0.05, 0) is 32.9 Å². The first-order valence-corrected chi connectivity index (χ1v) is 5.40. The van der Waals surface area contributed by atoms with E-state index in [2.05, 4.69) is 28.9 Å². The summed E-state index contributed by atoms with van der Waals surface area (Å²) in [4.78, 5) is 2.09. The zero-order valence-electron chi connectivity index (χ0n) is 10.1. The molecule has 0 aromatic carbocycles. The van der Waals surface area contributed by atoms with E-state index in [4.69, 9.17) is 11.1 Å². The SMILES string of the molecule is Cc1ccc(N(CCC(=N)N)C(C)C)nn1. The second-order valence-corrected chi connectivity index (χ2v) is 4.10. The van der Waals surface area contributed by atoms with Crippen molar-refractivity contribution in [1.29, 1.82) is 5.41 Å². The number of nitrogens with two attached hydrogens (primary N) is 1. The lowest BCUT2D eigenvalue weighted by molar-refractivity contribution is 0.671. The van der Waals surface area contributed by atoms with Crippen molar-refractivity contribution in [3.8, 4) is 0 Å². The fourth-order valence-electron chi connectivity index (χ4n) is 1.42.